The average molecular weight is 414 g/mol. The van der Waals surface area contributed by atoms with Crippen molar-refractivity contribution < 1.29 is 18.7 Å². The summed E-state index contributed by atoms with van der Waals surface area (Å²) in [4.78, 5) is 54.7. The van der Waals surface area contributed by atoms with Crippen LogP contribution in [0.25, 0.3) is 11.0 Å². The van der Waals surface area contributed by atoms with E-state index in [-0.39, 0.29) is 28.9 Å². The molecule has 0 aliphatic carbocycles. The molecule has 9 nitrogen and oxygen atoms in total. The van der Waals surface area contributed by atoms with Crippen LogP contribution in [0, 0.1) is 12.7 Å². The molecule has 0 fully saturated rings. The molecule has 1 N–H and O–H groups in total. The van der Waals surface area contributed by atoms with Gasteiger partial charge in [-0.2, -0.15) is 0 Å². The van der Waals surface area contributed by atoms with Crippen LogP contribution >= 0.6 is 0 Å². The molecule has 0 saturated heterocycles. The van der Waals surface area contributed by atoms with Crippen molar-refractivity contribution in [3.05, 3.63) is 68.2 Å². The standard InChI is InChI=1S/C20H19FN4O5/c1-4-30-19(28)12-9-11(2)22-17-16(12)18(27)25(20(29)24(17)3)10-15(26)23-14-8-6-5-7-13(14)21/h5-9H,4,10H2,1-3H3,(H,23,26). The lowest BCUT2D eigenvalue weighted by Crippen LogP contribution is -2.42. The van der Waals surface area contributed by atoms with Gasteiger partial charge in [0.2, 0.25) is 5.91 Å². The minimum absolute atomic E-state index is 0.00110. The number of carbonyl (C=O) groups is 2. The van der Waals surface area contributed by atoms with E-state index in [1.54, 1.807) is 13.8 Å². The zero-order valence-corrected chi connectivity index (χ0v) is 16.6. The molecule has 2 aromatic heterocycles. The molecule has 0 unspecified atom stereocenters. The van der Waals surface area contributed by atoms with Crippen LogP contribution in [0.3, 0.4) is 0 Å². The molecule has 0 bridgehead atoms. The van der Waals surface area contributed by atoms with Gasteiger partial charge in [-0.3, -0.25) is 18.7 Å². The van der Waals surface area contributed by atoms with E-state index >= 15 is 0 Å². The number of rotatable bonds is 5. The number of nitrogens with one attached hydrogen (secondary N) is 1. The number of hydrogen-bond acceptors (Lipinski definition) is 6. The maximum absolute atomic E-state index is 13.8. The van der Waals surface area contributed by atoms with Gasteiger partial charge >= 0.3 is 11.7 Å². The molecule has 156 valence electrons. The molecule has 1 amide bonds. The molecular formula is C20H19FN4O5. The van der Waals surface area contributed by atoms with E-state index < -0.39 is 35.5 Å². The summed E-state index contributed by atoms with van der Waals surface area (Å²) < 4.78 is 20.5. The molecule has 0 aliphatic rings. The first kappa shape index (κ1) is 20.9. The normalized spacial score (nSPS) is 10.8. The minimum Gasteiger partial charge on any atom is -0.462 e. The number of carbonyl (C=O) groups excluding carboxylic acids is 2. The molecule has 3 aromatic rings. The third-order valence-electron chi connectivity index (χ3n) is 4.37. The number of ether oxygens (including phenoxy) is 1. The number of para-hydroxylation sites is 1. The number of aryl methyl sites for hydroxylation is 2. The first-order valence-corrected chi connectivity index (χ1v) is 9.07. The number of pyridine rings is 1. The highest BCUT2D eigenvalue weighted by Gasteiger charge is 2.22. The van der Waals surface area contributed by atoms with Crippen molar-refractivity contribution in [2.24, 2.45) is 7.05 Å². The third-order valence-corrected chi connectivity index (χ3v) is 4.37. The van der Waals surface area contributed by atoms with Gasteiger partial charge in [-0.25, -0.2) is 19.0 Å². The minimum atomic E-state index is -0.868. The Balaban J connectivity index is 2.13. The Morgan fingerprint density at radius 3 is 2.60 bits per heavy atom. The van der Waals surface area contributed by atoms with Crippen molar-refractivity contribution in [3.8, 4) is 0 Å². The van der Waals surface area contributed by atoms with E-state index in [1.165, 1.54) is 31.3 Å². The van der Waals surface area contributed by atoms with Crippen molar-refractivity contribution in [3.63, 3.8) is 0 Å². The highest BCUT2D eigenvalue weighted by molar-refractivity contribution is 6.02. The van der Waals surface area contributed by atoms with E-state index in [9.17, 15) is 23.6 Å². The molecule has 0 atom stereocenters. The molecule has 0 radical (unpaired) electrons. The second kappa shape index (κ2) is 8.27. The zero-order chi connectivity index (χ0) is 22.0. The molecule has 2 heterocycles. The molecule has 1 aromatic carbocycles. The van der Waals surface area contributed by atoms with Crippen LogP contribution in [0.15, 0.2) is 39.9 Å². The number of hydrogen-bond donors (Lipinski definition) is 1. The van der Waals surface area contributed by atoms with Gasteiger partial charge in [-0.15, -0.1) is 0 Å². The van der Waals surface area contributed by atoms with Crippen molar-refractivity contribution in [1.82, 2.24) is 14.1 Å². The highest BCUT2D eigenvalue weighted by atomic mass is 19.1. The maximum Gasteiger partial charge on any atom is 0.339 e. The van der Waals surface area contributed by atoms with Crippen LogP contribution < -0.4 is 16.6 Å². The summed E-state index contributed by atoms with van der Waals surface area (Å²) in [6, 6.07) is 6.88. The fraction of sp³-hybridized carbons (Fsp3) is 0.250. The first-order valence-electron chi connectivity index (χ1n) is 9.07. The summed E-state index contributed by atoms with van der Waals surface area (Å²) >= 11 is 0. The molecule has 3 rings (SSSR count). The molecule has 10 heteroatoms. The maximum atomic E-state index is 13.8. The van der Waals surface area contributed by atoms with E-state index in [0.717, 1.165) is 10.6 Å². The van der Waals surface area contributed by atoms with Gasteiger partial charge < -0.3 is 10.1 Å². The number of halogens is 1. The molecule has 0 spiro atoms. The van der Waals surface area contributed by atoms with E-state index in [0.29, 0.717) is 10.3 Å². The van der Waals surface area contributed by atoms with Crippen molar-refractivity contribution in [2.75, 3.05) is 11.9 Å². The van der Waals surface area contributed by atoms with Crippen molar-refractivity contribution in [1.29, 1.82) is 0 Å². The number of nitrogens with zero attached hydrogens (tertiary/aromatic N) is 3. The van der Waals surface area contributed by atoms with Gasteiger partial charge in [0.05, 0.1) is 23.2 Å². The van der Waals surface area contributed by atoms with Gasteiger partial charge in [-0.1, -0.05) is 12.1 Å². The predicted molar refractivity (Wildman–Crippen MR) is 107 cm³/mol. The second-order valence-corrected chi connectivity index (χ2v) is 6.49. The van der Waals surface area contributed by atoms with E-state index in [4.69, 9.17) is 4.74 Å². The Bertz CT molecular complexity index is 1280. The SMILES string of the molecule is CCOC(=O)c1cc(C)nc2c1c(=O)n(CC(=O)Nc1ccccc1F)c(=O)n2C. The van der Waals surface area contributed by atoms with E-state index in [1.807, 2.05) is 0 Å². The topological polar surface area (TPSA) is 112 Å². The van der Waals surface area contributed by atoms with E-state index in [2.05, 4.69) is 10.3 Å². The Hall–Kier alpha value is -3.82. The lowest BCUT2D eigenvalue weighted by atomic mass is 10.1. The number of aromatic nitrogens is 3. The molecular weight excluding hydrogens is 395 g/mol. The summed E-state index contributed by atoms with van der Waals surface area (Å²) in [6.07, 6.45) is 0. The molecule has 0 aliphatic heterocycles. The van der Waals surface area contributed by atoms with Crippen molar-refractivity contribution in [2.45, 2.75) is 20.4 Å². The zero-order valence-electron chi connectivity index (χ0n) is 16.6. The smallest absolute Gasteiger partial charge is 0.339 e. The predicted octanol–water partition coefficient (Wildman–Crippen LogP) is 1.36. The third kappa shape index (κ3) is 3.84. The molecule has 30 heavy (non-hydrogen) atoms. The second-order valence-electron chi connectivity index (χ2n) is 6.49. The lowest BCUT2D eigenvalue weighted by Gasteiger charge is -2.13. The fourth-order valence-electron chi connectivity index (χ4n) is 3.01. The summed E-state index contributed by atoms with van der Waals surface area (Å²) in [7, 11) is 1.37. The lowest BCUT2D eigenvalue weighted by molar-refractivity contribution is -0.116. The summed E-state index contributed by atoms with van der Waals surface area (Å²) in [5, 5.41) is 2.18. The van der Waals surface area contributed by atoms with Gasteiger partial charge in [0.25, 0.3) is 5.56 Å². The number of amides is 1. The Morgan fingerprint density at radius 1 is 1.23 bits per heavy atom. The van der Waals surface area contributed by atoms with Gasteiger partial charge in [0.1, 0.15) is 18.0 Å². The van der Waals surface area contributed by atoms with Gasteiger partial charge in [-0.05, 0) is 32.0 Å². The largest absolute Gasteiger partial charge is 0.462 e. The quantitative estimate of drug-likeness (QED) is 0.631. The summed E-state index contributed by atoms with van der Waals surface area (Å²) in [5.41, 5.74) is -1.40. The van der Waals surface area contributed by atoms with Crippen molar-refractivity contribution >= 4 is 28.6 Å². The summed E-state index contributed by atoms with van der Waals surface area (Å²) in [5.74, 6) is -2.18. The Kier molecular flexibility index (Phi) is 5.77. The first-order chi connectivity index (χ1) is 14.2. The number of esters is 1. The van der Waals surface area contributed by atoms with Gasteiger partial charge in [0.15, 0.2) is 0 Å². The summed E-state index contributed by atoms with van der Waals surface area (Å²) in [6.45, 7) is 2.65. The van der Waals surface area contributed by atoms with Crippen LogP contribution in [-0.4, -0.2) is 32.6 Å². The molecule has 0 saturated carbocycles. The Morgan fingerprint density at radius 2 is 1.93 bits per heavy atom. The number of fused-ring (bicyclic) bond motifs is 1. The number of benzene rings is 1. The van der Waals surface area contributed by atoms with Crippen LogP contribution in [0.5, 0.6) is 0 Å². The van der Waals surface area contributed by atoms with Gasteiger partial charge in [0, 0.05) is 12.7 Å². The van der Waals surface area contributed by atoms with Crippen LogP contribution in [-0.2, 0) is 23.1 Å². The monoisotopic (exact) mass is 414 g/mol. The van der Waals surface area contributed by atoms with Crippen LogP contribution in [0.2, 0.25) is 0 Å². The van der Waals surface area contributed by atoms with Crippen LogP contribution in [0.4, 0.5) is 10.1 Å². The van der Waals surface area contributed by atoms with Crippen LogP contribution in [0.1, 0.15) is 23.0 Å². The number of anilines is 1. The average Bonchev–Trinajstić information content (AvgIpc) is 2.70. The fourth-order valence-corrected chi connectivity index (χ4v) is 3.01. The highest BCUT2D eigenvalue weighted by Crippen LogP contribution is 2.15. The Labute approximate surface area is 169 Å².